The number of benzene rings is 7. The molecule has 0 radical (unpaired) electrons. The molecule has 0 N–H and O–H groups in total. The van der Waals surface area contributed by atoms with Gasteiger partial charge in [0, 0.05) is 32.3 Å². The first-order valence-electron chi connectivity index (χ1n) is 15.9. The number of nitrogens with zero attached hydrogens (tertiary/aromatic N) is 4. The maximum Gasteiger partial charge on any atom is 0.237 e. The Bertz CT molecular complexity index is 3030. The van der Waals surface area contributed by atoms with E-state index in [1.54, 1.807) is 0 Å². The molecule has 4 aromatic heterocycles. The smallest absolute Gasteiger partial charge is 0.237 e. The molecule has 0 saturated heterocycles. The van der Waals surface area contributed by atoms with Crippen LogP contribution < -0.4 is 0 Å². The monoisotopic (exact) mass is 600 g/mol. The van der Waals surface area contributed by atoms with E-state index in [4.69, 9.17) is 14.4 Å². The van der Waals surface area contributed by atoms with Crippen molar-refractivity contribution >= 4 is 87.2 Å². The predicted molar refractivity (Wildman–Crippen MR) is 193 cm³/mol. The molecule has 0 unspecified atom stereocenters. The average Bonchev–Trinajstić information content (AvgIpc) is 3.79. The molecule has 0 saturated carbocycles. The van der Waals surface area contributed by atoms with E-state index in [-0.39, 0.29) is 0 Å². The molecule has 0 spiro atoms. The Hall–Kier alpha value is -6.46. The lowest BCUT2D eigenvalue weighted by Crippen LogP contribution is -2.06. The van der Waals surface area contributed by atoms with Crippen molar-refractivity contribution in [3.05, 3.63) is 146 Å². The first-order valence-corrected chi connectivity index (χ1v) is 15.9. The highest BCUT2D eigenvalue weighted by Gasteiger charge is 2.24. The zero-order valence-corrected chi connectivity index (χ0v) is 25.1. The number of para-hydroxylation sites is 3. The number of hydrogen-bond donors (Lipinski definition) is 0. The van der Waals surface area contributed by atoms with Crippen LogP contribution in [0.4, 0.5) is 0 Å². The molecule has 5 nitrogen and oxygen atoms in total. The molecule has 11 rings (SSSR count). The number of rotatable bonds is 2. The summed E-state index contributed by atoms with van der Waals surface area (Å²) in [6.45, 7) is 0. The maximum absolute atomic E-state index is 6.63. The largest absolute Gasteiger partial charge is 0.450 e. The first-order chi connectivity index (χ1) is 23.3. The van der Waals surface area contributed by atoms with Crippen LogP contribution in [-0.2, 0) is 0 Å². The third-order valence-electron chi connectivity index (χ3n) is 9.72. The molecule has 4 heterocycles. The van der Waals surface area contributed by atoms with Crippen LogP contribution in [0.15, 0.2) is 150 Å². The van der Waals surface area contributed by atoms with Gasteiger partial charge in [0.25, 0.3) is 0 Å². The average molecular weight is 601 g/mol. The number of furan rings is 1. The lowest BCUT2D eigenvalue weighted by molar-refractivity contribution is 0.661. The maximum atomic E-state index is 6.63. The Morgan fingerprint density at radius 1 is 0.426 bits per heavy atom. The number of hydrogen-bond acceptors (Lipinski definition) is 3. The Labute approximate surface area is 267 Å². The van der Waals surface area contributed by atoms with Crippen LogP contribution in [0, 0.1) is 0 Å². The molecule has 47 heavy (non-hydrogen) atoms. The summed E-state index contributed by atoms with van der Waals surface area (Å²) < 4.78 is 11.1. The standard InChI is InChI=1S/C42H24N4O/c1-3-13-27-25(11-1)22-24-35-37(27)32-23-21-26-12-2-4-14-28(26)39(32)46(35)42-43-38-31-17-7-10-20-36(31)47-40(38)41(44-42)45-33-18-8-5-15-29(33)30-16-6-9-19-34(30)45/h1-24H. The van der Waals surface area contributed by atoms with Crippen LogP contribution >= 0.6 is 0 Å². The van der Waals surface area contributed by atoms with Crippen molar-refractivity contribution in [3.63, 3.8) is 0 Å². The van der Waals surface area contributed by atoms with Crippen molar-refractivity contribution in [2.75, 3.05) is 0 Å². The normalized spacial score (nSPS) is 12.3. The molecule has 0 amide bonds. The summed E-state index contributed by atoms with van der Waals surface area (Å²) in [6.07, 6.45) is 0. The minimum atomic E-state index is 0.604. The highest BCUT2D eigenvalue weighted by atomic mass is 16.3. The van der Waals surface area contributed by atoms with E-state index in [2.05, 4.69) is 137 Å². The minimum Gasteiger partial charge on any atom is -0.450 e. The van der Waals surface area contributed by atoms with Crippen LogP contribution in [0.25, 0.3) is 99.0 Å². The van der Waals surface area contributed by atoms with E-state index in [0.717, 1.165) is 49.8 Å². The van der Waals surface area contributed by atoms with Crippen molar-refractivity contribution in [3.8, 4) is 11.8 Å². The van der Waals surface area contributed by atoms with Gasteiger partial charge in [0.05, 0.1) is 22.1 Å². The second-order valence-electron chi connectivity index (χ2n) is 12.2. The van der Waals surface area contributed by atoms with Crippen molar-refractivity contribution in [1.29, 1.82) is 0 Å². The van der Waals surface area contributed by atoms with Crippen LogP contribution in [0.5, 0.6) is 0 Å². The lowest BCUT2D eigenvalue weighted by atomic mass is 10.0. The quantitative estimate of drug-likeness (QED) is 0.198. The van der Waals surface area contributed by atoms with Crippen LogP contribution in [0.3, 0.4) is 0 Å². The second kappa shape index (κ2) is 9.05. The minimum absolute atomic E-state index is 0.604. The van der Waals surface area contributed by atoms with E-state index in [1.165, 1.54) is 37.7 Å². The Morgan fingerprint density at radius 3 is 1.79 bits per heavy atom. The van der Waals surface area contributed by atoms with Crippen LogP contribution in [0.2, 0.25) is 0 Å². The van der Waals surface area contributed by atoms with Gasteiger partial charge < -0.3 is 4.42 Å². The summed E-state index contributed by atoms with van der Waals surface area (Å²) in [7, 11) is 0. The lowest BCUT2D eigenvalue weighted by Gasteiger charge is -2.12. The summed E-state index contributed by atoms with van der Waals surface area (Å²) in [6, 6.07) is 51.2. The predicted octanol–water partition coefficient (Wildman–Crippen LogP) is 10.9. The molecule has 5 heteroatoms. The van der Waals surface area contributed by atoms with Gasteiger partial charge in [0.2, 0.25) is 5.95 Å². The molecule has 218 valence electrons. The van der Waals surface area contributed by atoms with Crippen molar-refractivity contribution in [1.82, 2.24) is 19.1 Å². The van der Waals surface area contributed by atoms with Crippen molar-refractivity contribution in [2.24, 2.45) is 0 Å². The van der Waals surface area contributed by atoms with Crippen molar-refractivity contribution < 1.29 is 4.42 Å². The molecule has 11 aromatic rings. The van der Waals surface area contributed by atoms with Crippen LogP contribution in [-0.4, -0.2) is 19.1 Å². The van der Waals surface area contributed by atoms with Gasteiger partial charge in [-0.15, -0.1) is 0 Å². The SMILES string of the molecule is c1ccc2c(c1)ccc1c2c2ccc3ccccc3c2n1-c1nc(-n2c3ccccc3c3ccccc32)c2oc3ccccc3c2n1. The van der Waals surface area contributed by atoms with Gasteiger partial charge in [-0.2, -0.15) is 4.98 Å². The van der Waals surface area contributed by atoms with Gasteiger partial charge in [0.15, 0.2) is 11.4 Å². The molecule has 7 aromatic carbocycles. The second-order valence-corrected chi connectivity index (χ2v) is 12.2. The van der Waals surface area contributed by atoms with E-state index in [9.17, 15) is 0 Å². The summed E-state index contributed by atoms with van der Waals surface area (Å²) in [5.74, 6) is 1.32. The topological polar surface area (TPSA) is 48.8 Å². The van der Waals surface area contributed by atoms with Gasteiger partial charge in [-0.05, 0) is 46.5 Å². The molecule has 0 fully saturated rings. The van der Waals surface area contributed by atoms with E-state index >= 15 is 0 Å². The van der Waals surface area contributed by atoms with E-state index in [0.29, 0.717) is 11.5 Å². The number of aromatic nitrogens is 4. The Kier molecular flexibility index (Phi) is 4.78. The molecular weight excluding hydrogens is 576 g/mol. The Morgan fingerprint density at radius 2 is 1.02 bits per heavy atom. The van der Waals surface area contributed by atoms with Gasteiger partial charge in [0.1, 0.15) is 11.1 Å². The van der Waals surface area contributed by atoms with Gasteiger partial charge in [-0.1, -0.05) is 115 Å². The third kappa shape index (κ3) is 3.27. The summed E-state index contributed by atoms with van der Waals surface area (Å²) in [5.41, 5.74) is 6.54. The molecular formula is C42H24N4O. The molecule has 0 aliphatic heterocycles. The van der Waals surface area contributed by atoms with E-state index in [1.807, 2.05) is 18.2 Å². The summed E-state index contributed by atoms with van der Waals surface area (Å²) in [4.78, 5) is 10.9. The highest BCUT2D eigenvalue weighted by Crippen LogP contribution is 2.41. The zero-order valence-electron chi connectivity index (χ0n) is 25.1. The van der Waals surface area contributed by atoms with Gasteiger partial charge in [-0.25, -0.2) is 4.98 Å². The zero-order chi connectivity index (χ0) is 30.6. The fraction of sp³-hybridized carbons (Fsp3) is 0. The number of fused-ring (bicyclic) bond motifs is 13. The van der Waals surface area contributed by atoms with Crippen LogP contribution in [0.1, 0.15) is 0 Å². The fourth-order valence-electron chi connectivity index (χ4n) is 7.72. The Balaban J connectivity index is 1.38. The summed E-state index contributed by atoms with van der Waals surface area (Å²) >= 11 is 0. The fourth-order valence-corrected chi connectivity index (χ4v) is 7.72. The molecule has 0 aliphatic rings. The van der Waals surface area contributed by atoms with Gasteiger partial charge >= 0.3 is 0 Å². The molecule has 0 bridgehead atoms. The third-order valence-corrected chi connectivity index (χ3v) is 9.72. The van der Waals surface area contributed by atoms with Crippen molar-refractivity contribution in [2.45, 2.75) is 0 Å². The molecule has 0 aliphatic carbocycles. The van der Waals surface area contributed by atoms with Gasteiger partial charge in [-0.3, -0.25) is 9.13 Å². The highest BCUT2D eigenvalue weighted by molar-refractivity contribution is 6.26. The molecule has 0 atom stereocenters. The van der Waals surface area contributed by atoms with E-state index < -0.39 is 0 Å². The summed E-state index contributed by atoms with van der Waals surface area (Å²) in [5, 5.41) is 10.4. The first kappa shape index (κ1) is 24.8.